The predicted octanol–water partition coefficient (Wildman–Crippen LogP) is 3.05. The van der Waals surface area contributed by atoms with Gasteiger partial charge in [-0.15, -0.1) is 0 Å². The number of hydrogen-bond acceptors (Lipinski definition) is 3. The molecule has 0 radical (unpaired) electrons. The lowest BCUT2D eigenvalue weighted by atomic mass is 10.0. The van der Waals surface area contributed by atoms with Crippen molar-refractivity contribution in [2.75, 3.05) is 0 Å². The van der Waals surface area contributed by atoms with Crippen molar-refractivity contribution in [1.29, 1.82) is 0 Å². The van der Waals surface area contributed by atoms with E-state index in [4.69, 9.17) is 0 Å². The van der Waals surface area contributed by atoms with Crippen molar-refractivity contribution in [1.82, 2.24) is 4.31 Å². The van der Waals surface area contributed by atoms with Crippen LogP contribution in [0.3, 0.4) is 0 Å². The molecule has 0 saturated carbocycles. The first kappa shape index (κ1) is 8.97. The van der Waals surface area contributed by atoms with Crippen molar-refractivity contribution in [3.8, 4) is 0 Å². The van der Waals surface area contributed by atoms with E-state index in [0.717, 1.165) is 6.04 Å². The lowest BCUT2D eigenvalue weighted by Crippen LogP contribution is -2.31. The monoisotopic (exact) mass is 201 g/mol. The molecule has 2 rings (SSSR count). The molecule has 68 valence electrons. The van der Waals surface area contributed by atoms with Gasteiger partial charge >= 0.3 is 0 Å². The second-order valence-electron chi connectivity index (χ2n) is 3.62. The third-order valence-electron chi connectivity index (χ3n) is 2.96. The van der Waals surface area contributed by atoms with Crippen LogP contribution in [0.25, 0.3) is 0 Å². The highest BCUT2D eigenvalue weighted by Crippen LogP contribution is 2.40. The van der Waals surface area contributed by atoms with Crippen molar-refractivity contribution < 1.29 is 0 Å². The van der Waals surface area contributed by atoms with Gasteiger partial charge in [-0.2, -0.15) is 0 Å². The quantitative estimate of drug-likeness (QED) is 0.316. The highest BCUT2D eigenvalue weighted by Gasteiger charge is 2.35. The van der Waals surface area contributed by atoms with E-state index in [-0.39, 0.29) is 0 Å². The average molecular weight is 201 g/mol. The number of nitrogens with zero attached hydrogens (tertiary/aromatic N) is 1. The van der Waals surface area contributed by atoms with Gasteiger partial charge in [0, 0.05) is 12.1 Å². The topological polar surface area (TPSA) is 3.24 Å². The van der Waals surface area contributed by atoms with E-state index in [1.54, 1.807) is 16.6 Å². The summed E-state index contributed by atoms with van der Waals surface area (Å²) in [5, 5.41) is 0. The Bertz CT molecular complexity index is 203. The molecule has 3 heteroatoms. The lowest BCUT2D eigenvalue weighted by molar-refractivity contribution is 0.372. The molecular weight excluding hydrogens is 186 g/mol. The van der Waals surface area contributed by atoms with Gasteiger partial charge in [0.2, 0.25) is 0 Å². The van der Waals surface area contributed by atoms with Crippen LogP contribution < -0.4 is 0 Å². The summed E-state index contributed by atoms with van der Waals surface area (Å²) in [6.07, 6.45) is 7.66. The van der Waals surface area contributed by atoms with E-state index >= 15 is 0 Å². The lowest BCUT2D eigenvalue weighted by Gasteiger charge is -2.30. The van der Waals surface area contributed by atoms with Crippen molar-refractivity contribution in [2.45, 2.75) is 44.7 Å². The van der Waals surface area contributed by atoms with Crippen LogP contribution in [-0.4, -0.2) is 16.4 Å². The van der Waals surface area contributed by atoms with Gasteiger partial charge in [0.15, 0.2) is 0 Å². The minimum atomic E-state index is 0.682. The summed E-state index contributed by atoms with van der Waals surface area (Å²) in [6, 6.07) is 1.46. The van der Waals surface area contributed by atoms with E-state index in [1.165, 1.54) is 25.7 Å². The standard InChI is InChI=1S/C9H15NS2/c1-2-7-5-8-3-4-9(6-7)10(8)12-11/h5,8-9,11H,2-4,6H2,1H3. The molecule has 2 aliphatic heterocycles. The number of hydrogen-bond donors (Lipinski definition) is 1. The zero-order chi connectivity index (χ0) is 8.55. The Balaban J connectivity index is 2.14. The molecule has 0 aliphatic carbocycles. The molecule has 2 atom stereocenters. The molecule has 0 spiro atoms. The minimum Gasteiger partial charge on any atom is -0.231 e. The van der Waals surface area contributed by atoms with Crippen molar-refractivity contribution in [3.63, 3.8) is 0 Å². The second-order valence-corrected chi connectivity index (χ2v) is 4.70. The molecule has 1 nitrogen and oxygen atoms in total. The van der Waals surface area contributed by atoms with Crippen LogP contribution in [0.2, 0.25) is 0 Å². The Morgan fingerprint density at radius 3 is 3.08 bits per heavy atom. The summed E-state index contributed by atoms with van der Waals surface area (Å²) >= 11 is 4.29. The first-order valence-corrected chi connectivity index (χ1v) is 6.47. The molecule has 0 amide bonds. The first-order valence-electron chi connectivity index (χ1n) is 4.64. The number of thiol groups is 1. The molecule has 2 aliphatic rings. The Labute approximate surface area is 83.5 Å². The van der Waals surface area contributed by atoms with Crippen molar-refractivity contribution >= 4 is 22.6 Å². The van der Waals surface area contributed by atoms with E-state index < -0.39 is 0 Å². The highest BCUT2D eigenvalue weighted by molar-refractivity contribution is 8.67. The summed E-state index contributed by atoms with van der Waals surface area (Å²) in [6.45, 7) is 2.26. The minimum absolute atomic E-state index is 0.682. The van der Waals surface area contributed by atoms with Crippen LogP contribution in [0.5, 0.6) is 0 Å². The predicted molar refractivity (Wildman–Crippen MR) is 58.2 cm³/mol. The summed E-state index contributed by atoms with van der Waals surface area (Å²) in [5.41, 5.74) is 1.65. The second kappa shape index (κ2) is 3.64. The van der Waals surface area contributed by atoms with Gasteiger partial charge in [-0.1, -0.05) is 30.2 Å². The molecule has 1 fully saturated rings. The van der Waals surface area contributed by atoms with Crippen LogP contribution in [0.15, 0.2) is 11.6 Å². The summed E-state index contributed by atoms with van der Waals surface area (Å²) < 4.78 is 2.45. The van der Waals surface area contributed by atoms with Crippen LogP contribution >= 0.6 is 22.6 Å². The fourth-order valence-electron chi connectivity index (χ4n) is 2.27. The molecule has 1 saturated heterocycles. The smallest absolute Gasteiger partial charge is 0.0396 e. The fraction of sp³-hybridized carbons (Fsp3) is 0.778. The van der Waals surface area contributed by atoms with Crippen LogP contribution in [0, 0.1) is 0 Å². The van der Waals surface area contributed by atoms with Gasteiger partial charge in [-0.3, -0.25) is 0 Å². The molecule has 12 heavy (non-hydrogen) atoms. The van der Waals surface area contributed by atoms with E-state index in [9.17, 15) is 0 Å². The van der Waals surface area contributed by atoms with Crippen LogP contribution in [0.1, 0.15) is 32.6 Å². The molecule has 2 bridgehead atoms. The Morgan fingerprint density at radius 2 is 2.50 bits per heavy atom. The van der Waals surface area contributed by atoms with Crippen molar-refractivity contribution in [3.05, 3.63) is 11.6 Å². The molecule has 2 unspecified atom stereocenters. The molecule has 0 aromatic carbocycles. The Morgan fingerprint density at radius 1 is 1.67 bits per heavy atom. The van der Waals surface area contributed by atoms with E-state index in [2.05, 4.69) is 29.0 Å². The summed E-state index contributed by atoms with van der Waals surface area (Å²) in [7, 11) is 1.62. The largest absolute Gasteiger partial charge is 0.231 e. The number of fused-ring (bicyclic) bond motifs is 2. The zero-order valence-electron chi connectivity index (χ0n) is 7.36. The fourth-order valence-corrected chi connectivity index (χ4v) is 3.63. The molecular formula is C9H15NS2. The normalized spacial score (nSPS) is 35.3. The molecule has 0 N–H and O–H groups in total. The Hall–Kier alpha value is 0.400. The highest BCUT2D eigenvalue weighted by atomic mass is 33.1. The SMILES string of the molecule is CCC1=CC2CCC(C1)N2SS. The van der Waals surface area contributed by atoms with Gasteiger partial charge in [0.1, 0.15) is 0 Å². The first-order chi connectivity index (χ1) is 5.85. The van der Waals surface area contributed by atoms with Gasteiger partial charge < -0.3 is 0 Å². The third-order valence-corrected chi connectivity index (χ3v) is 4.28. The summed E-state index contributed by atoms with van der Waals surface area (Å²) in [5.74, 6) is 0. The van der Waals surface area contributed by atoms with Gasteiger partial charge in [0.05, 0.1) is 0 Å². The van der Waals surface area contributed by atoms with Crippen LogP contribution in [-0.2, 0) is 0 Å². The van der Waals surface area contributed by atoms with Gasteiger partial charge in [0.25, 0.3) is 0 Å². The zero-order valence-corrected chi connectivity index (χ0v) is 9.07. The van der Waals surface area contributed by atoms with Crippen LogP contribution in [0.4, 0.5) is 0 Å². The maximum atomic E-state index is 4.29. The summed E-state index contributed by atoms with van der Waals surface area (Å²) in [4.78, 5) is 0. The average Bonchev–Trinajstić information content (AvgIpc) is 2.35. The molecule has 0 aromatic rings. The van der Waals surface area contributed by atoms with Gasteiger partial charge in [-0.25, -0.2) is 4.31 Å². The Kier molecular flexibility index (Phi) is 2.72. The maximum absolute atomic E-state index is 4.29. The molecule has 0 aromatic heterocycles. The maximum Gasteiger partial charge on any atom is 0.0396 e. The van der Waals surface area contributed by atoms with E-state index in [1.807, 2.05) is 0 Å². The van der Waals surface area contributed by atoms with Gasteiger partial charge in [-0.05, 0) is 36.7 Å². The van der Waals surface area contributed by atoms with Crippen molar-refractivity contribution in [2.24, 2.45) is 0 Å². The third kappa shape index (κ3) is 1.42. The molecule has 2 heterocycles. The number of rotatable bonds is 2. The van der Waals surface area contributed by atoms with E-state index in [0.29, 0.717) is 6.04 Å².